The molecule has 0 fully saturated rings. The standard InChI is InChI=1S/C15H20N2O2/c1-11(10-18)7-16-15(19)9-17-8-12(2)13-5-3-4-6-14(13)17/h3-6,8,11,18H,7,9-10H2,1-2H3,(H,16,19). The number of carbonyl (C=O) groups excluding carboxylic acids is 1. The molecule has 1 unspecified atom stereocenters. The van der Waals surface area contributed by atoms with E-state index in [1.54, 1.807) is 0 Å². The number of hydrogen-bond acceptors (Lipinski definition) is 2. The number of hydrogen-bond donors (Lipinski definition) is 2. The molecule has 1 amide bonds. The van der Waals surface area contributed by atoms with Crippen LogP contribution in [0.2, 0.25) is 0 Å². The Morgan fingerprint density at radius 3 is 2.89 bits per heavy atom. The minimum atomic E-state index is -0.0268. The minimum Gasteiger partial charge on any atom is -0.396 e. The van der Waals surface area contributed by atoms with Gasteiger partial charge in [-0.25, -0.2) is 0 Å². The van der Waals surface area contributed by atoms with Gasteiger partial charge in [0.2, 0.25) is 5.91 Å². The first kappa shape index (κ1) is 13.6. The molecule has 0 spiro atoms. The Kier molecular flexibility index (Phi) is 4.22. The van der Waals surface area contributed by atoms with Crippen molar-refractivity contribution < 1.29 is 9.90 Å². The average Bonchev–Trinajstić information content (AvgIpc) is 2.73. The first-order valence-electron chi connectivity index (χ1n) is 6.54. The van der Waals surface area contributed by atoms with E-state index < -0.39 is 0 Å². The highest BCUT2D eigenvalue weighted by atomic mass is 16.3. The van der Waals surface area contributed by atoms with E-state index in [1.807, 2.05) is 42.8 Å². The summed E-state index contributed by atoms with van der Waals surface area (Å²) in [5.74, 6) is 0.0631. The van der Waals surface area contributed by atoms with Gasteiger partial charge in [-0.05, 0) is 24.5 Å². The highest BCUT2D eigenvalue weighted by Crippen LogP contribution is 2.19. The van der Waals surface area contributed by atoms with Crippen LogP contribution < -0.4 is 5.32 Å². The quantitative estimate of drug-likeness (QED) is 0.859. The number of aliphatic hydroxyl groups is 1. The van der Waals surface area contributed by atoms with Crippen LogP contribution in [-0.4, -0.2) is 28.7 Å². The van der Waals surface area contributed by atoms with E-state index in [-0.39, 0.29) is 18.4 Å². The molecular weight excluding hydrogens is 240 g/mol. The number of aromatic nitrogens is 1. The van der Waals surface area contributed by atoms with Gasteiger partial charge in [-0.2, -0.15) is 0 Å². The number of aryl methyl sites for hydroxylation is 1. The highest BCUT2D eigenvalue weighted by Gasteiger charge is 2.09. The van der Waals surface area contributed by atoms with E-state index in [0.717, 1.165) is 5.52 Å². The second-order valence-electron chi connectivity index (χ2n) is 5.05. The van der Waals surface area contributed by atoms with Gasteiger partial charge in [0.25, 0.3) is 0 Å². The van der Waals surface area contributed by atoms with Crippen LogP contribution in [0, 0.1) is 12.8 Å². The highest BCUT2D eigenvalue weighted by molar-refractivity contribution is 5.85. The number of carbonyl (C=O) groups is 1. The molecule has 1 aromatic carbocycles. The second-order valence-corrected chi connectivity index (χ2v) is 5.05. The molecule has 0 aliphatic rings. The Labute approximate surface area is 113 Å². The zero-order valence-corrected chi connectivity index (χ0v) is 11.4. The zero-order chi connectivity index (χ0) is 13.8. The summed E-state index contributed by atoms with van der Waals surface area (Å²) in [4.78, 5) is 11.9. The lowest BCUT2D eigenvalue weighted by atomic mass is 10.2. The zero-order valence-electron chi connectivity index (χ0n) is 11.4. The molecule has 2 rings (SSSR count). The van der Waals surface area contributed by atoms with Crippen molar-refractivity contribution in [2.75, 3.05) is 13.2 Å². The minimum absolute atomic E-state index is 0.0268. The molecule has 2 aromatic rings. The summed E-state index contributed by atoms with van der Waals surface area (Å²) in [5, 5.41) is 12.9. The van der Waals surface area contributed by atoms with Crippen LogP contribution in [0.25, 0.3) is 10.9 Å². The van der Waals surface area contributed by atoms with Crippen LogP contribution in [0.5, 0.6) is 0 Å². The van der Waals surface area contributed by atoms with Crippen LogP contribution in [0.1, 0.15) is 12.5 Å². The van der Waals surface area contributed by atoms with E-state index in [0.29, 0.717) is 13.1 Å². The van der Waals surface area contributed by atoms with Gasteiger partial charge in [0.05, 0.1) is 0 Å². The van der Waals surface area contributed by atoms with Gasteiger partial charge >= 0.3 is 0 Å². The smallest absolute Gasteiger partial charge is 0.239 e. The fourth-order valence-electron chi connectivity index (χ4n) is 2.12. The van der Waals surface area contributed by atoms with E-state index >= 15 is 0 Å². The molecule has 0 saturated carbocycles. The molecule has 0 radical (unpaired) electrons. The third-order valence-electron chi connectivity index (χ3n) is 3.26. The molecule has 1 aromatic heterocycles. The van der Waals surface area contributed by atoms with Crippen molar-refractivity contribution in [2.45, 2.75) is 20.4 Å². The number of fused-ring (bicyclic) bond motifs is 1. The van der Waals surface area contributed by atoms with Crippen molar-refractivity contribution in [1.29, 1.82) is 0 Å². The third kappa shape index (κ3) is 3.15. The number of benzene rings is 1. The monoisotopic (exact) mass is 260 g/mol. The largest absolute Gasteiger partial charge is 0.396 e. The molecule has 0 bridgehead atoms. The molecule has 0 aliphatic carbocycles. The van der Waals surface area contributed by atoms with Gasteiger partial charge < -0.3 is 15.0 Å². The lowest BCUT2D eigenvalue weighted by Crippen LogP contribution is -2.32. The van der Waals surface area contributed by atoms with Gasteiger partial charge in [0.15, 0.2) is 0 Å². The fourth-order valence-corrected chi connectivity index (χ4v) is 2.12. The van der Waals surface area contributed by atoms with Crippen molar-refractivity contribution in [1.82, 2.24) is 9.88 Å². The number of rotatable bonds is 5. The number of aliphatic hydroxyl groups excluding tert-OH is 1. The molecule has 102 valence electrons. The van der Waals surface area contributed by atoms with E-state index in [2.05, 4.69) is 11.4 Å². The second kappa shape index (κ2) is 5.89. The van der Waals surface area contributed by atoms with Crippen molar-refractivity contribution in [3.05, 3.63) is 36.0 Å². The molecular formula is C15H20N2O2. The average molecular weight is 260 g/mol. The summed E-state index contributed by atoms with van der Waals surface area (Å²) < 4.78 is 1.96. The van der Waals surface area contributed by atoms with E-state index in [1.165, 1.54) is 10.9 Å². The summed E-state index contributed by atoms with van der Waals surface area (Å²) >= 11 is 0. The van der Waals surface area contributed by atoms with Crippen LogP contribution in [-0.2, 0) is 11.3 Å². The number of nitrogens with one attached hydrogen (secondary N) is 1. The topological polar surface area (TPSA) is 54.3 Å². The third-order valence-corrected chi connectivity index (χ3v) is 3.26. The number of amides is 1. The van der Waals surface area contributed by atoms with Crippen LogP contribution in [0.4, 0.5) is 0 Å². The van der Waals surface area contributed by atoms with Gasteiger partial charge in [-0.1, -0.05) is 25.1 Å². The lowest BCUT2D eigenvalue weighted by molar-refractivity contribution is -0.121. The van der Waals surface area contributed by atoms with E-state index in [9.17, 15) is 4.79 Å². The van der Waals surface area contributed by atoms with Gasteiger partial charge in [-0.15, -0.1) is 0 Å². The maximum atomic E-state index is 11.9. The van der Waals surface area contributed by atoms with Crippen molar-refractivity contribution in [3.63, 3.8) is 0 Å². The summed E-state index contributed by atoms with van der Waals surface area (Å²) in [6.45, 7) is 4.85. The Hall–Kier alpha value is -1.81. The molecule has 0 aliphatic heterocycles. The Morgan fingerprint density at radius 2 is 2.16 bits per heavy atom. The summed E-state index contributed by atoms with van der Waals surface area (Å²) in [6.07, 6.45) is 2.00. The molecule has 2 N–H and O–H groups in total. The predicted octanol–water partition coefficient (Wildman–Crippen LogP) is 1.69. The fraction of sp³-hybridized carbons (Fsp3) is 0.400. The molecule has 4 heteroatoms. The predicted molar refractivity (Wildman–Crippen MR) is 75.9 cm³/mol. The van der Waals surface area contributed by atoms with Crippen molar-refractivity contribution in [3.8, 4) is 0 Å². The van der Waals surface area contributed by atoms with Crippen LogP contribution in [0.3, 0.4) is 0 Å². The summed E-state index contributed by atoms with van der Waals surface area (Å²) in [6, 6.07) is 8.06. The Morgan fingerprint density at radius 1 is 1.42 bits per heavy atom. The molecule has 0 saturated heterocycles. The molecule has 1 heterocycles. The number of nitrogens with zero attached hydrogens (tertiary/aromatic N) is 1. The first-order valence-corrected chi connectivity index (χ1v) is 6.54. The van der Waals surface area contributed by atoms with Crippen molar-refractivity contribution in [2.24, 2.45) is 5.92 Å². The molecule has 19 heavy (non-hydrogen) atoms. The Balaban J connectivity index is 2.07. The molecule has 1 atom stereocenters. The summed E-state index contributed by atoms with van der Waals surface area (Å²) in [5.41, 5.74) is 2.25. The van der Waals surface area contributed by atoms with Crippen LogP contribution >= 0.6 is 0 Å². The normalized spacial score (nSPS) is 12.6. The Bertz CT molecular complexity index is 575. The first-order chi connectivity index (χ1) is 9.11. The summed E-state index contributed by atoms with van der Waals surface area (Å²) in [7, 11) is 0. The number of para-hydroxylation sites is 1. The van der Waals surface area contributed by atoms with Crippen LogP contribution in [0.15, 0.2) is 30.5 Å². The SMILES string of the molecule is Cc1cn(CC(=O)NCC(C)CO)c2ccccc12. The van der Waals surface area contributed by atoms with Gasteiger partial charge in [-0.3, -0.25) is 4.79 Å². The van der Waals surface area contributed by atoms with E-state index in [4.69, 9.17) is 5.11 Å². The van der Waals surface area contributed by atoms with Gasteiger partial charge in [0, 0.05) is 30.3 Å². The molecule has 4 nitrogen and oxygen atoms in total. The van der Waals surface area contributed by atoms with Gasteiger partial charge in [0.1, 0.15) is 6.54 Å². The maximum absolute atomic E-state index is 11.9. The van der Waals surface area contributed by atoms with Crippen molar-refractivity contribution >= 4 is 16.8 Å². The lowest BCUT2D eigenvalue weighted by Gasteiger charge is -2.10. The maximum Gasteiger partial charge on any atom is 0.239 e.